The summed E-state index contributed by atoms with van der Waals surface area (Å²) in [6, 6.07) is 12.1. The fourth-order valence-electron chi connectivity index (χ4n) is 3.32. The SMILES string of the molecule is Cc1ccc(N2C[C@H](Nc3cc(C(C)C)nc4ccnn34)CC2=O)cc1. The number of carbonyl (C=O) groups is 1. The molecule has 0 aliphatic carbocycles. The molecule has 1 aliphatic heterocycles. The molecule has 1 amide bonds. The first-order valence-electron chi connectivity index (χ1n) is 8.99. The minimum absolute atomic E-state index is 0.0404. The number of rotatable bonds is 4. The molecule has 26 heavy (non-hydrogen) atoms. The maximum absolute atomic E-state index is 12.5. The van der Waals surface area contributed by atoms with Gasteiger partial charge in [0.25, 0.3) is 0 Å². The molecule has 0 radical (unpaired) electrons. The van der Waals surface area contributed by atoms with E-state index in [0.717, 1.165) is 22.8 Å². The Balaban J connectivity index is 1.58. The third-order valence-electron chi connectivity index (χ3n) is 4.79. The Labute approximate surface area is 152 Å². The molecular weight excluding hydrogens is 326 g/mol. The highest BCUT2D eigenvalue weighted by molar-refractivity contribution is 5.96. The van der Waals surface area contributed by atoms with Crippen molar-refractivity contribution in [2.75, 3.05) is 16.8 Å². The van der Waals surface area contributed by atoms with Crippen LogP contribution in [-0.4, -0.2) is 33.1 Å². The number of nitrogens with one attached hydrogen (secondary N) is 1. The van der Waals surface area contributed by atoms with E-state index >= 15 is 0 Å². The van der Waals surface area contributed by atoms with Crippen LogP contribution in [0, 0.1) is 6.92 Å². The van der Waals surface area contributed by atoms with E-state index in [2.05, 4.69) is 29.2 Å². The fraction of sp³-hybridized carbons (Fsp3) is 0.350. The summed E-state index contributed by atoms with van der Waals surface area (Å²) < 4.78 is 1.80. The zero-order valence-electron chi connectivity index (χ0n) is 15.3. The Bertz CT molecular complexity index is 944. The summed E-state index contributed by atoms with van der Waals surface area (Å²) in [7, 11) is 0. The first kappa shape index (κ1) is 16.6. The highest BCUT2D eigenvalue weighted by Gasteiger charge is 2.31. The summed E-state index contributed by atoms with van der Waals surface area (Å²) in [5.74, 6) is 1.35. The zero-order valence-corrected chi connectivity index (χ0v) is 15.3. The van der Waals surface area contributed by atoms with Gasteiger partial charge in [-0.2, -0.15) is 9.61 Å². The van der Waals surface area contributed by atoms with Gasteiger partial charge in [-0.15, -0.1) is 0 Å². The monoisotopic (exact) mass is 349 g/mol. The predicted octanol–water partition coefficient (Wildman–Crippen LogP) is 3.38. The van der Waals surface area contributed by atoms with Crippen LogP contribution in [0.3, 0.4) is 0 Å². The molecule has 6 heteroatoms. The number of hydrogen-bond donors (Lipinski definition) is 1. The number of hydrogen-bond acceptors (Lipinski definition) is 4. The molecule has 0 spiro atoms. The standard InChI is InChI=1S/C20H23N5O/c1-13(2)17-11-19(25-18(23-17)8-9-21-25)22-15-10-20(26)24(12-15)16-6-4-14(3)5-7-16/h4-9,11,13,15,22H,10,12H2,1-3H3/t15-/m1/s1. The van der Waals surface area contributed by atoms with Crippen molar-refractivity contribution in [1.82, 2.24) is 14.6 Å². The predicted molar refractivity (Wildman–Crippen MR) is 103 cm³/mol. The number of aromatic nitrogens is 3. The van der Waals surface area contributed by atoms with E-state index in [1.165, 1.54) is 5.56 Å². The Kier molecular flexibility index (Phi) is 4.11. The van der Waals surface area contributed by atoms with E-state index in [1.807, 2.05) is 48.2 Å². The smallest absolute Gasteiger partial charge is 0.229 e. The van der Waals surface area contributed by atoms with Gasteiger partial charge in [-0.3, -0.25) is 4.79 Å². The van der Waals surface area contributed by atoms with Gasteiger partial charge < -0.3 is 10.2 Å². The summed E-state index contributed by atoms with van der Waals surface area (Å²) in [4.78, 5) is 19.0. The molecule has 0 bridgehead atoms. The van der Waals surface area contributed by atoms with E-state index in [4.69, 9.17) is 0 Å². The summed E-state index contributed by atoms with van der Waals surface area (Å²) in [5.41, 5.74) is 3.97. The summed E-state index contributed by atoms with van der Waals surface area (Å²) in [6.45, 7) is 6.93. The van der Waals surface area contributed by atoms with Gasteiger partial charge >= 0.3 is 0 Å². The Morgan fingerprint density at radius 2 is 1.96 bits per heavy atom. The van der Waals surface area contributed by atoms with Crippen molar-refractivity contribution in [2.45, 2.75) is 39.2 Å². The van der Waals surface area contributed by atoms with Crippen molar-refractivity contribution >= 4 is 23.1 Å². The largest absolute Gasteiger partial charge is 0.365 e. The number of fused-ring (bicyclic) bond motifs is 1. The third kappa shape index (κ3) is 3.03. The van der Waals surface area contributed by atoms with Crippen molar-refractivity contribution in [3.63, 3.8) is 0 Å². The molecule has 3 aromatic rings. The lowest BCUT2D eigenvalue weighted by molar-refractivity contribution is -0.117. The Hall–Kier alpha value is -2.89. The quantitative estimate of drug-likeness (QED) is 0.784. The van der Waals surface area contributed by atoms with Crippen molar-refractivity contribution in [3.8, 4) is 0 Å². The van der Waals surface area contributed by atoms with E-state index in [1.54, 1.807) is 10.7 Å². The number of benzene rings is 1. The van der Waals surface area contributed by atoms with Gasteiger partial charge in [0.05, 0.1) is 12.2 Å². The average Bonchev–Trinajstić information content (AvgIpc) is 3.22. The van der Waals surface area contributed by atoms with E-state index < -0.39 is 0 Å². The van der Waals surface area contributed by atoms with Gasteiger partial charge in [0.15, 0.2) is 5.65 Å². The molecule has 1 aromatic carbocycles. The molecular formula is C20H23N5O. The number of amides is 1. The molecule has 1 fully saturated rings. The normalized spacial score (nSPS) is 17.5. The molecule has 1 atom stereocenters. The number of carbonyl (C=O) groups excluding carboxylic acids is 1. The second-order valence-corrected chi connectivity index (χ2v) is 7.21. The number of anilines is 2. The van der Waals surface area contributed by atoms with Crippen molar-refractivity contribution in [1.29, 1.82) is 0 Å². The van der Waals surface area contributed by atoms with E-state index in [0.29, 0.717) is 18.9 Å². The van der Waals surface area contributed by atoms with Gasteiger partial charge in [0.2, 0.25) is 5.91 Å². The molecule has 6 nitrogen and oxygen atoms in total. The molecule has 2 aromatic heterocycles. The van der Waals surface area contributed by atoms with Gasteiger partial charge in [0.1, 0.15) is 5.82 Å². The molecule has 1 N–H and O–H groups in total. The minimum Gasteiger partial charge on any atom is -0.365 e. The van der Waals surface area contributed by atoms with Gasteiger partial charge in [0, 0.05) is 36.5 Å². The lowest BCUT2D eigenvalue weighted by Crippen LogP contribution is -2.28. The molecule has 1 aliphatic rings. The molecule has 0 unspecified atom stereocenters. The van der Waals surface area contributed by atoms with Gasteiger partial charge in [-0.25, -0.2) is 4.98 Å². The van der Waals surface area contributed by atoms with Crippen molar-refractivity contribution < 1.29 is 4.79 Å². The zero-order chi connectivity index (χ0) is 18.3. The lowest BCUT2D eigenvalue weighted by atomic mass is 10.1. The van der Waals surface area contributed by atoms with Crippen LogP contribution in [0.15, 0.2) is 42.6 Å². The minimum atomic E-state index is 0.0404. The summed E-state index contributed by atoms with van der Waals surface area (Å²) in [5, 5.41) is 7.86. The topological polar surface area (TPSA) is 62.5 Å². The van der Waals surface area contributed by atoms with Crippen molar-refractivity contribution in [3.05, 3.63) is 53.9 Å². The van der Waals surface area contributed by atoms with Crippen LogP contribution in [-0.2, 0) is 4.79 Å². The molecule has 1 saturated heterocycles. The first-order chi connectivity index (χ1) is 12.5. The third-order valence-corrected chi connectivity index (χ3v) is 4.79. The van der Waals surface area contributed by atoms with Crippen molar-refractivity contribution in [2.24, 2.45) is 0 Å². The van der Waals surface area contributed by atoms with Crippen LogP contribution < -0.4 is 10.2 Å². The second-order valence-electron chi connectivity index (χ2n) is 7.21. The molecule has 3 heterocycles. The fourth-order valence-corrected chi connectivity index (χ4v) is 3.32. The first-order valence-corrected chi connectivity index (χ1v) is 8.99. The number of nitrogens with zero attached hydrogens (tertiary/aromatic N) is 4. The number of aryl methyl sites for hydroxylation is 1. The average molecular weight is 349 g/mol. The van der Waals surface area contributed by atoms with E-state index in [9.17, 15) is 4.79 Å². The lowest BCUT2D eigenvalue weighted by Gasteiger charge is -2.19. The Morgan fingerprint density at radius 1 is 1.19 bits per heavy atom. The second kappa shape index (κ2) is 6.44. The maximum Gasteiger partial charge on any atom is 0.229 e. The maximum atomic E-state index is 12.5. The Morgan fingerprint density at radius 3 is 2.69 bits per heavy atom. The highest BCUT2D eigenvalue weighted by Crippen LogP contribution is 2.25. The van der Waals surface area contributed by atoms with Crippen LogP contribution in [0.1, 0.15) is 37.4 Å². The van der Waals surface area contributed by atoms with E-state index in [-0.39, 0.29) is 11.9 Å². The van der Waals surface area contributed by atoms with Crippen LogP contribution in [0.25, 0.3) is 5.65 Å². The molecule has 4 rings (SSSR count). The summed E-state index contributed by atoms with van der Waals surface area (Å²) in [6.07, 6.45) is 2.21. The van der Waals surface area contributed by atoms with Crippen LogP contribution in [0.4, 0.5) is 11.5 Å². The van der Waals surface area contributed by atoms with Crippen LogP contribution >= 0.6 is 0 Å². The molecule has 134 valence electrons. The summed E-state index contributed by atoms with van der Waals surface area (Å²) >= 11 is 0. The van der Waals surface area contributed by atoms with Gasteiger partial charge in [-0.1, -0.05) is 31.5 Å². The van der Waals surface area contributed by atoms with Crippen LogP contribution in [0.2, 0.25) is 0 Å². The highest BCUT2D eigenvalue weighted by atomic mass is 16.2. The molecule has 0 saturated carbocycles. The van der Waals surface area contributed by atoms with Gasteiger partial charge in [-0.05, 0) is 25.0 Å². The van der Waals surface area contributed by atoms with Crippen LogP contribution in [0.5, 0.6) is 0 Å².